The standard InChI is InChI=1S/C25H34ClN3O5S2/c1-3-16-36(32,33)28(13-14-34-2)19-24(30)29(18-20-6-4-7-21(26)17-20)22-9-11-27(12-10-22)25(31)23-8-5-15-35-23/h4-8,15,17,22H,3,9-14,16,18-19H2,1-2H3. The maximum atomic E-state index is 13.6. The maximum absolute atomic E-state index is 13.6. The number of hydrogen-bond donors (Lipinski definition) is 0. The van der Waals surface area contributed by atoms with E-state index in [0.717, 1.165) is 5.56 Å². The highest BCUT2D eigenvalue weighted by Gasteiger charge is 2.33. The van der Waals surface area contributed by atoms with E-state index >= 15 is 0 Å². The zero-order valence-corrected chi connectivity index (χ0v) is 23.2. The van der Waals surface area contributed by atoms with Gasteiger partial charge in [0.15, 0.2) is 0 Å². The Labute approximate surface area is 222 Å². The summed E-state index contributed by atoms with van der Waals surface area (Å²) in [4.78, 5) is 30.7. The summed E-state index contributed by atoms with van der Waals surface area (Å²) < 4.78 is 32.0. The molecule has 0 N–H and O–H groups in total. The molecule has 0 saturated carbocycles. The number of thiophene rings is 1. The number of ether oxygens (including phenoxy) is 1. The van der Waals surface area contributed by atoms with Gasteiger partial charge in [0.2, 0.25) is 15.9 Å². The molecule has 1 saturated heterocycles. The lowest BCUT2D eigenvalue weighted by atomic mass is 10.0. The van der Waals surface area contributed by atoms with Crippen LogP contribution >= 0.6 is 22.9 Å². The number of amides is 2. The fourth-order valence-corrected chi connectivity index (χ4v) is 6.67. The largest absolute Gasteiger partial charge is 0.383 e. The van der Waals surface area contributed by atoms with Crippen molar-refractivity contribution in [3.8, 4) is 0 Å². The summed E-state index contributed by atoms with van der Waals surface area (Å²) in [6.07, 6.45) is 1.69. The number of rotatable bonds is 12. The van der Waals surface area contributed by atoms with Crippen LogP contribution in [0.2, 0.25) is 5.02 Å². The molecule has 1 aliphatic rings. The monoisotopic (exact) mass is 555 g/mol. The van der Waals surface area contributed by atoms with Gasteiger partial charge in [0, 0.05) is 44.4 Å². The van der Waals surface area contributed by atoms with Gasteiger partial charge in [-0.2, -0.15) is 4.31 Å². The van der Waals surface area contributed by atoms with Crippen LogP contribution in [0.1, 0.15) is 41.4 Å². The summed E-state index contributed by atoms with van der Waals surface area (Å²) in [5, 5.41) is 2.45. The van der Waals surface area contributed by atoms with Gasteiger partial charge >= 0.3 is 0 Å². The van der Waals surface area contributed by atoms with Crippen molar-refractivity contribution in [3.63, 3.8) is 0 Å². The van der Waals surface area contributed by atoms with E-state index < -0.39 is 10.0 Å². The Balaban J connectivity index is 1.77. The first-order valence-electron chi connectivity index (χ1n) is 12.1. The maximum Gasteiger partial charge on any atom is 0.263 e. The van der Waals surface area contributed by atoms with Crippen molar-refractivity contribution >= 4 is 44.8 Å². The number of likely N-dealkylation sites (tertiary alicyclic amines) is 1. The minimum absolute atomic E-state index is 0.00701. The molecule has 0 aliphatic carbocycles. The number of methoxy groups -OCH3 is 1. The lowest BCUT2D eigenvalue weighted by Gasteiger charge is -2.39. The smallest absolute Gasteiger partial charge is 0.263 e. The Morgan fingerprint density at radius 2 is 1.94 bits per heavy atom. The highest BCUT2D eigenvalue weighted by Crippen LogP contribution is 2.23. The SMILES string of the molecule is CCCS(=O)(=O)N(CCOC)CC(=O)N(Cc1cccc(Cl)c1)C1CCN(C(=O)c2cccs2)CC1. The molecule has 11 heteroatoms. The summed E-state index contributed by atoms with van der Waals surface area (Å²) in [6, 6.07) is 10.9. The first-order chi connectivity index (χ1) is 17.2. The summed E-state index contributed by atoms with van der Waals surface area (Å²) >= 11 is 7.60. The summed E-state index contributed by atoms with van der Waals surface area (Å²) in [7, 11) is -2.09. The Bertz CT molecular complexity index is 1100. The highest BCUT2D eigenvalue weighted by molar-refractivity contribution is 7.89. The van der Waals surface area contributed by atoms with Crippen LogP contribution in [0.4, 0.5) is 0 Å². The average Bonchev–Trinajstić information content (AvgIpc) is 3.40. The molecule has 3 rings (SSSR count). The van der Waals surface area contributed by atoms with E-state index in [2.05, 4.69) is 0 Å². The number of nitrogens with zero attached hydrogens (tertiary/aromatic N) is 3. The quantitative estimate of drug-likeness (QED) is 0.398. The van der Waals surface area contributed by atoms with Gasteiger partial charge in [-0.1, -0.05) is 36.7 Å². The Kier molecular flexibility index (Phi) is 10.7. The van der Waals surface area contributed by atoms with Crippen LogP contribution in [-0.4, -0.2) is 86.0 Å². The molecule has 0 bridgehead atoms. The molecule has 2 aromatic rings. The predicted octanol–water partition coefficient (Wildman–Crippen LogP) is 3.72. The molecule has 1 aromatic carbocycles. The highest BCUT2D eigenvalue weighted by atomic mass is 35.5. The Morgan fingerprint density at radius 3 is 2.56 bits per heavy atom. The third-order valence-corrected chi connectivity index (χ3v) is 9.31. The van der Waals surface area contributed by atoms with Crippen LogP contribution in [0.5, 0.6) is 0 Å². The van der Waals surface area contributed by atoms with E-state index in [0.29, 0.717) is 48.8 Å². The van der Waals surface area contributed by atoms with Crippen LogP contribution in [0.3, 0.4) is 0 Å². The topological polar surface area (TPSA) is 87.2 Å². The van der Waals surface area contributed by atoms with E-state index in [1.54, 1.807) is 17.9 Å². The zero-order chi connectivity index (χ0) is 26.1. The minimum atomic E-state index is -3.60. The molecule has 1 aliphatic heterocycles. The second-order valence-electron chi connectivity index (χ2n) is 8.79. The normalized spacial score (nSPS) is 14.8. The molecule has 8 nitrogen and oxygen atoms in total. The van der Waals surface area contributed by atoms with E-state index in [1.807, 2.05) is 40.6 Å². The molecule has 198 valence electrons. The van der Waals surface area contributed by atoms with Gasteiger partial charge < -0.3 is 14.5 Å². The van der Waals surface area contributed by atoms with Gasteiger partial charge in [0.1, 0.15) is 0 Å². The van der Waals surface area contributed by atoms with Gasteiger partial charge in [-0.05, 0) is 48.4 Å². The molecule has 1 fully saturated rings. The molecule has 1 aromatic heterocycles. The fourth-order valence-electron chi connectivity index (χ4n) is 4.33. The fraction of sp³-hybridized carbons (Fsp3) is 0.520. The molecule has 36 heavy (non-hydrogen) atoms. The van der Waals surface area contributed by atoms with Crippen LogP contribution in [0.15, 0.2) is 41.8 Å². The van der Waals surface area contributed by atoms with Crippen molar-refractivity contribution in [1.82, 2.24) is 14.1 Å². The van der Waals surface area contributed by atoms with E-state index in [-0.39, 0.29) is 43.3 Å². The second-order valence-corrected chi connectivity index (χ2v) is 12.3. The van der Waals surface area contributed by atoms with Crippen molar-refractivity contribution in [2.24, 2.45) is 0 Å². The molecule has 0 radical (unpaired) electrons. The molecular formula is C25H34ClN3O5S2. The lowest BCUT2D eigenvalue weighted by Crippen LogP contribution is -2.51. The molecule has 0 atom stereocenters. The van der Waals surface area contributed by atoms with Crippen LogP contribution in [-0.2, 0) is 26.1 Å². The van der Waals surface area contributed by atoms with Crippen molar-refractivity contribution < 1.29 is 22.7 Å². The summed E-state index contributed by atoms with van der Waals surface area (Å²) in [6.45, 7) is 3.24. The van der Waals surface area contributed by atoms with Crippen molar-refractivity contribution in [2.75, 3.05) is 45.6 Å². The number of sulfonamides is 1. The van der Waals surface area contributed by atoms with Crippen molar-refractivity contribution in [1.29, 1.82) is 0 Å². The number of halogens is 1. The summed E-state index contributed by atoms with van der Waals surface area (Å²) in [5.74, 6) is -0.289. The number of piperidine rings is 1. The van der Waals surface area contributed by atoms with Crippen molar-refractivity contribution in [2.45, 2.75) is 38.8 Å². The Morgan fingerprint density at radius 1 is 1.19 bits per heavy atom. The molecular weight excluding hydrogens is 522 g/mol. The van der Waals surface area contributed by atoms with Crippen molar-refractivity contribution in [3.05, 3.63) is 57.2 Å². The van der Waals surface area contributed by atoms with Crippen LogP contribution in [0.25, 0.3) is 0 Å². The second kappa shape index (κ2) is 13.5. The average molecular weight is 556 g/mol. The lowest BCUT2D eigenvalue weighted by molar-refractivity contribution is -0.135. The van der Waals surface area contributed by atoms with Gasteiger partial charge in [0.25, 0.3) is 5.91 Å². The number of benzene rings is 1. The van der Waals surface area contributed by atoms with Gasteiger partial charge in [0.05, 0.1) is 23.8 Å². The number of carbonyl (C=O) groups is 2. The van der Waals surface area contributed by atoms with E-state index in [4.69, 9.17) is 16.3 Å². The first kappa shape index (κ1) is 28.6. The number of hydrogen-bond acceptors (Lipinski definition) is 6. The van der Waals surface area contributed by atoms with Gasteiger partial charge in [-0.3, -0.25) is 9.59 Å². The molecule has 0 spiro atoms. The van der Waals surface area contributed by atoms with E-state index in [1.165, 1.54) is 22.8 Å². The third kappa shape index (κ3) is 7.76. The minimum Gasteiger partial charge on any atom is -0.383 e. The Hall–Kier alpha value is -1.98. The zero-order valence-electron chi connectivity index (χ0n) is 20.8. The van der Waals surface area contributed by atoms with E-state index in [9.17, 15) is 18.0 Å². The summed E-state index contributed by atoms with van der Waals surface area (Å²) in [5.41, 5.74) is 0.868. The van der Waals surface area contributed by atoms with Crippen LogP contribution in [0, 0.1) is 0 Å². The molecule has 0 unspecified atom stereocenters. The van der Waals surface area contributed by atoms with Gasteiger partial charge in [-0.25, -0.2) is 8.42 Å². The predicted molar refractivity (Wildman–Crippen MR) is 143 cm³/mol. The molecule has 2 heterocycles. The van der Waals surface area contributed by atoms with Crippen LogP contribution < -0.4 is 0 Å². The first-order valence-corrected chi connectivity index (χ1v) is 14.9. The number of carbonyl (C=O) groups excluding carboxylic acids is 2. The third-order valence-electron chi connectivity index (χ3n) is 6.20. The molecule has 2 amide bonds. The van der Waals surface area contributed by atoms with Gasteiger partial charge in [-0.15, -0.1) is 11.3 Å².